The maximum absolute atomic E-state index is 5.71. The van der Waals surface area contributed by atoms with Crippen LogP contribution in [0.5, 0.6) is 0 Å². The fraction of sp³-hybridized carbons (Fsp3) is 0.600. The normalized spacial score (nSPS) is 19.2. The lowest BCUT2D eigenvalue weighted by Crippen LogP contribution is -2.24. The van der Waals surface area contributed by atoms with Gasteiger partial charge in [-0.2, -0.15) is 0 Å². The minimum Gasteiger partial charge on any atom is -0.372 e. The molecule has 1 aromatic heterocycles. The molecule has 0 aliphatic carbocycles. The van der Waals surface area contributed by atoms with E-state index in [9.17, 15) is 0 Å². The topological polar surface area (TPSA) is 38.2 Å². The minimum atomic E-state index is 0.288. The van der Waals surface area contributed by atoms with E-state index in [2.05, 4.69) is 41.4 Å². The summed E-state index contributed by atoms with van der Waals surface area (Å²) in [5.74, 6) is 2.31. The van der Waals surface area contributed by atoms with Crippen molar-refractivity contribution in [3.63, 3.8) is 0 Å². The van der Waals surface area contributed by atoms with Crippen LogP contribution >= 0.6 is 0 Å². The predicted molar refractivity (Wildman–Crippen MR) is 77.6 cm³/mol. The second-order valence-corrected chi connectivity index (χ2v) is 5.36. The van der Waals surface area contributed by atoms with Crippen LogP contribution < -0.4 is 4.90 Å². The molecule has 1 aromatic rings. The average molecular weight is 261 g/mol. The lowest BCUT2D eigenvalue weighted by atomic mass is 10.2. The largest absolute Gasteiger partial charge is 0.372 e. The third-order valence-corrected chi connectivity index (χ3v) is 3.29. The van der Waals surface area contributed by atoms with Gasteiger partial charge in [-0.15, -0.1) is 6.58 Å². The van der Waals surface area contributed by atoms with Crippen LogP contribution in [0, 0.1) is 6.92 Å². The van der Waals surface area contributed by atoms with Crippen LogP contribution in [0.1, 0.15) is 37.7 Å². The summed E-state index contributed by atoms with van der Waals surface area (Å²) in [6, 6.07) is 2.06. The van der Waals surface area contributed by atoms with Crippen LogP contribution in [-0.4, -0.2) is 35.8 Å². The number of hydrogen-bond acceptors (Lipinski definition) is 4. The van der Waals surface area contributed by atoms with Gasteiger partial charge < -0.3 is 9.64 Å². The first-order chi connectivity index (χ1) is 9.10. The van der Waals surface area contributed by atoms with E-state index in [1.54, 1.807) is 6.08 Å². The summed E-state index contributed by atoms with van der Waals surface area (Å²) in [6.07, 6.45) is 3.14. The molecule has 1 aliphatic rings. The van der Waals surface area contributed by atoms with Crippen LogP contribution in [0.3, 0.4) is 0 Å². The van der Waals surface area contributed by atoms with E-state index in [0.29, 0.717) is 12.5 Å². The molecule has 0 amide bonds. The maximum Gasteiger partial charge on any atom is 0.133 e. The van der Waals surface area contributed by atoms with Crippen LogP contribution in [0.2, 0.25) is 0 Å². The second kappa shape index (κ2) is 6.15. The summed E-state index contributed by atoms with van der Waals surface area (Å²) >= 11 is 0. The molecule has 0 bridgehead atoms. The molecule has 104 valence electrons. The van der Waals surface area contributed by atoms with E-state index in [1.807, 2.05) is 6.92 Å². The van der Waals surface area contributed by atoms with Gasteiger partial charge in [-0.05, 0) is 13.3 Å². The molecule has 1 atom stereocenters. The van der Waals surface area contributed by atoms with Gasteiger partial charge in [-0.3, -0.25) is 0 Å². The number of aryl methyl sites for hydroxylation is 1. The highest BCUT2D eigenvalue weighted by Crippen LogP contribution is 2.22. The molecular formula is C15H23N3O. The Hall–Kier alpha value is -1.42. The number of hydrogen-bond donors (Lipinski definition) is 0. The number of ether oxygens (including phenoxy) is 1. The van der Waals surface area contributed by atoms with Crippen molar-refractivity contribution in [2.24, 2.45) is 0 Å². The Morgan fingerprint density at radius 2 is 2.32 bits per heavy atom. The van der Waals surface area contributed by atoms with Crippen LogP contribution in [0.4, 0.5) is 5.82 Å². The minimum absolute atomic E-state index is 0.288. The molecule has 1 fully saturated rings. The molecule has 0 N–H and O–H groups in total. The molecule has 0 spiro atoms. The van der Waals surface area contributed by atoms with Gasteiger partial charge in [0.2, 0.25) is 0 Å². The second-order valence-electron chi connectivity index (χ2n) is 5.36. The highest BCUT2D eigenvalue weighted by Gasteiger charge is 2.24. The molecule has 19 heavy (non-hydrogen) atoms. The van der Waals surface area contributed by atoms with E-state index in [-0.39, 0.29) is 6.10 Å². The quantitative estimate of drug-likeness (QED) is 0.764. The van der Waals surface area contributed by atoms with Gasteiger partial charge in [0, 0.05) is 30.8 Å². The summed E-state index contributed by atoms with van der Waals surface area (Å²) in [6.45, 7) is 12.5. The Labute approximate surface area is 115 Å². The van der Waals surface area contributed by atoms with Gasteiger partial charge >= 0.3 is 0 Å². The number of aromatic nitrogens is 2. The van der Waals surface area contributed by atoms with Crippen LogP contribution in [-0.2, 0) is 4.74 Å². The summed E-state index contributed by atoms with van der Waals surface area (Å²) < 4.78 is 5.71. The van der Waals surface area contributed by atoms with Gasteiger partial charge in [0.05, 0.1) is 12.7 Å². The molecule has 4 nitrogen and oxygen atoms in total. The van der Waals surface area contributed by atoms with E-state index >= 15 is 0 Å². The van der Waals surface area contributed by atoms with Gasteiger partial charge in [0.15, 0.2) is 0 Å². The van der Waals surface area contributed by atoms with Crippen molar-refractivity contribution < 1.29 is 4.74 Å². The summed E-state index contributed by atoms with van der Waals surface area (Å²) in [5, 5.41) is 0. The van der Waals surface area contributed by atoms with Crippen molar-refractivity contribution in [1.82, 2.24) is 9.97 Å². The number of nitrogens with zero attached hydrogens (tertiary/aromatic N) is 3. The molecule has 0 saturated carbocycles. The average Bonchev–Trinajstić information content (AvgIpc) is 2.84. The molecule has 1 saturated heterocycles. The zero-order chi connectivity index (χ0) is 13.8. The first-order valence-corrected chi connectivity index (χ1v) is 6.93. The molecule has 1 unspecified atom stereocenters. The van der Waals surface area contributed by atoms with Crippen molar-refractivity contribution in [3.05, 3.63) is 30.2 Å². The predicted octanol–water partition coefficient (Wildman–Crippen LogP) is 2.69. The summed E-state index contributed by atoms with van der Waals surface area (Å²) in [5.41, 5.74) is 1.03. The standard InChI is InChI=1S/C15H23N3O/c1-5-8-19-13-6-7-18(10-13)14-9-12(4)16-15(17-14)11(2)3/h5,9,11,13H,1,6-8,10H2,2-4H3. The van der Waals surface area contributed by atoms with Gasteiger partial charge in [-0.1, -0.05) is 19.9 Å². The lowest BCUT2D eigenvalue weighted by molar-refractivity contribution is 0.0909. The smallest absolute Gasteiger partial charge is 0.133 e. The maximum atomic E-state index is 5.71. The Morgan fingerprint density at radius 3 is 3.00 bits per heavy atom. The highest BCUT2D eigenvalue weighted by atomic mass is 16.5. The molecule has 0 radical (unpaired) electrons. The van der Waals surface area contributed by atoms with Crippen LogP contribution in [0.15, 0.2) is 18.7 Å². The van der Waals surface area contributed by atoms with E-state index in [0.717, 1.165) is 36.8 Å². The van der Waals surface area contributed by atoms with Crippen molar-refractivity contribution in [3.8, 4) is 0 Å². The third kappa shape index (κ3) is 3.53. The Morgan fingerprint density at radius 1 is 1.53 bits per heavy atom. The van der Waals surface area contributed by atoms with E-state index in [4.69, 9.17) is 4.74 Å². The first-order valence-electron chi connectivity index (χ1n) is 6.93. The van der Waals surface area contributed by atoms with Gasteiger partial charge in [0.25, 0.3) is 0 Å². The SMILES string of the molecule is C=CCOC1CCN(c2cc(C)nc(C(C)C)n2)C1. The van der Waals surface area contributed by atoms with Crippen LogP contribution in [0.25, 0.3) is 0 Å². The van der Waals surface area contributed by atoms with Crippen molar-refractivity contribution in [1.29, 1.82) is 0 Å². The number of anilines is 1. The molecule has 2 heterocycles. The van der Waals surface area contributed by atoms with Gasteiger partial charge in [0.1, 0.15) is 11.6 Å². The Balaban J connectivity index is 2.08. The summed E-state index contributed by atoms with van der Waals surface area (Å²) in [7, 11) is 0. The van der Waals surface area contributed by atoms with E-state index in [1.165, 1.54) is 0 Å². The van der Waals surface area contributed by atoms with Crippen molar-refractivity contribution in [2.75, 3.05) is 24.6 Å². The lowest BCUT2D eigenvalue weighted by Gasteiger charge is -2.19. The fourth-order valence-corrected chi connectivity index (χ4v) is 2.27. The van der Waals surface area contributed by atoms with Gasteiger partial charge in [-0.25, -0.2) is 9.97 Å². The fourth-order valence-electron chi connectivity index (χ4n) is 2.27. The molecule has 4 heteroatoms. The molecule has 1 aliphatic heterocycles. The third-order valence-electron chi connectivity index (χ3n) is 3.29. The number of rotatable bonds is 5. The zero-order valence-electron chi connectivity index (χ0n) is 12.1. The Kier molecular flexibility index (Phi) is 4.53. The van der Waals surface area contributed by atoms with E-state index < -0.39 is 0 Å². The van der Waals surface area contributed by atoms with Crippen molar-refractivity contribution >= 4 is 5.82 Å². The first kappa shape index (κ1) is 14.0. The van der Waals surface area contributed by atoms with Crippen molar-refractivity contribution in [2.45, 2.75) is 39.2 Å². The Bertz CT molecular complexity index is 445. The molecule has 0 aromatic carbocycles. The summed E-state index contributed by atoms with van der Waals surface area (Å²) in [4.78, 5) is 11.4. The molecular weight excluding hydrogens is 238 g/mol. The monoisotopic (exact) mass is 261 g/mol. The zero-order valence-corrected chi connectivity index (χ0v) is 12.1. The molecule has 2 rings (SSSR count). The highest BCUT2D eigenvalue weighted by molar-refractivity contribution is 5.41.